The van der Waals surface area contributed by atoms with E-state index in [2.05, 4.69) is 15.9 Å². The van der Waals surface area contributed by atoms with Gasteiger partial charge in [-0.15, -0.1) is 0 Å². The summed E-state index contributed by atoms with van der Waals surface area (Å²) in [5.41, 5.74) is -0.0511. The lowest BCUT2D eigenvalue weighted by molar-refractivity contribution is -0.142. The third kappa shape index (κ3) is 2.46. The van der Waals surface area contributed by atoms with Gasteiger partial charge in [-0.1, -0.05) is 22.0 Å². The fraction of sp³-hybridized carbons (Fsp3) is 0.263. The van der Waals surface area contributed by atoms with E-state index in [4.69, 9.17) is 9.47 Å². The summed E-state index contributed by atoms with van der Waals surface area (Å²) in [4.78, 5) is 26.8. The van der Waals surface area contributed by atoms with E-state index in [-0.39, 0.29) is 31.1 Å². The summed E-state index contributed by atoms with van der Waals surface area (Å²) in [7, 11) is 0. The molecule has 0 radical (unpaired) electrons. The molecule has 5 nitrogen and oxygen atoms in total. The van der Waals surface area contributed by atoms with Crippen molar-refractivity contribution < 1.29 is 27.8 Å². The van der Waals surface area contributed by atoms with Gasteiger partial charge in [-0.2, -0.15) is 0 Å². The highest BCUT2D eigenvalue weighted by atomic mass is 79.9. The predicted octanol–water partition coefficient (Wildman–Crippen LogP) is 3.32. The summed E-state index contributed by atoms with van der Waals surface area (Å²) in [6.45, 7) is 1.47. The van der Waals surface area contributed by atoms with Gasteiger partial charge in [0.1, 0.15) is 24.3 Å². The molecule has 0 aromatic heterocycles. The van der Waals surface area contributed by atoms with Crippen LogP contribution >= 0.6 is 15.9 Å². The number of halogens is 3. The Morgan fingerprint density at radius 3 is 2.81 bits per heavy atom. The Balaban J connectivity index is 1.91. The van der Waals surface area contributed by atoms with Crippen molar-refractivity contribution in [2.24, 2.45) is 0 Å². The molecule has 0 aliphatic carbocycles. The Kier molecular flexibility index (Phi) is 4.18. The van der Waals surface area contributed by atoms with Gasteiger partial charge in [0.25, 0.3) is 0 Å². The zero-order chi connectivity index (χ0) is 19.3. The summed E-state index contributed by atoms with van der Waals surface area (Å²) in [5, 5.41) is 0. The van der Waals surface area contributed by atoms with Gasteiger partial charge in [0.05, 0.1) is 12.3 Å². The summed E-state index contributed by atoms with van der Waals surface area (Å²) >= 11 is 3.45. The molecule has 140 valence electrons. The zero-order valence-electron chi connectivity index (χ0n) is 14.2. The van der Waals surface area contributed by atoms with Crippen LogP contribution in [-0.2, 0) is 19.7 Å². The lowest BCUT2D eigenvalue weighted by atomic mass is 9.77. The Bertz CT molecular complexity index is 980. The highest BCUT2D eigenvalue weighted by molar-refractivity contribution is 9.10. The second-order valence-electron chi connectivity index (χ2n) is 6.29. The van der Waals surface area contributed by atoms with Gasteiger partial charge in [-0.3, -0.25) is 14.5 Å². The van der Waals surface area contributed by atoms with Crippen LogP contribution in [0.3, 0.4) is 0 Å². The summed E-state index contributed by atoms with van der Waals surface area (Å²) < 4.78 is 38.8. The Morgan fingerprint density at radius 1 is 1.33 bits per heavy atom. The molecule has 0 saturated carbocycles. The minimum Gasteiger partial charge on any atom is -0.491 e. The molecule has 2 heterocycles. The molecular formula is C19H14BrF2NO4. The van der Waals surface area contributed by atoms with Gasteiger partial charge in [0.15, 0.2) is 11.6 Å². The first-order valence-corrected chi connectivity index (χ1v) is 9.08. The third-order valence-corrected chi connectivity index (χ3v) is 5.50. The standard InChI is InChI=1S/C19H14BrF2NO4/c1-2-26-16(24)8-23-14-5-3-4-11(20)17(14)19(18(23)25)9-27-15-7-13(22)12(21)6-10(15)19/h3-7H,2,8-9H2,1H3. The minimum absolute atomic E-state index is 0.112. The van der Waals surface area contributed by atoms with Crippen molar-refractivity contribution in [2.75, 3.05) is 24.7 Å². The molecule has 1 spiro atoms. The number of ether oxygens (including phenoxy) is 2. The molecule has 4 rings (SSSR count). The summed E-state index contributed by atoms with van der Waals surface area (Å²) in [6, 6.07) is 7.11. The number of carbonyl (C=O) groups is 2. The van der Waals surface area contributed by atoms with Crippen molar-refractivity contribution in [3.8, 4) is 5.75 Å². The number of hydrogen-bond acceptors (Lipinski definition) is 4. The summed E-state index contributed by atoms with van der Waals surface area (Å²) in [6.07, 6.45) is 0. The van der Waals surface area contributed by atoms with Crippen molar-refractivity contribution in [3.05, 3.63) is 57.6 Å². The van der Waals surface area contributed by atoms with Crippen LogP contribution in [0.15, 0.2) is 34.8 Å². The molecule has 0 N–H and O–H groups in total. The van der Waals surface area contributed by atoms with Crippen molar-refractivity contribution in [1.82, 2.24) is 0 Å². The van der Waals surface area contributed by atoms with Gasteiger partial charge < -0.3 is 9.47 Å². The normalized spacial score (nSPS) is 19.9. The van der Waals surface area contributed by atoms with Crippen molar-refractivity contribution in [3.63, 3.8) is 0 Å². The first-order chi connectivity index (χ1) is 12.9. The van der Waals surface area contributed by atoms with Gasteiger partial charge in [-0.05, 0) is 25.1 Å². The van der Waals surface area contributed by atoms with Gasteiger partial charge in [0.2, 0.25) is 5.91 Å². The maximum Gasteiger partial charge on any atom is 0.326 e. The molecule has 2 aromatic rings. The maximum atomic E-state index is 14.0. The van der Waals surface area contributed by atoms with E-state index >= 15 is 0 Å². The first-order valence-electron chi connectivity index (χ1n) is 8.29. The van der Waals surface area contributed by atoms with Crippen molar-refractivity contribution in [1.29, 1.82) is 0 Å². The fourth-order valence-electron chi connectivity index (χ4n) is 3.73. The van der Waals surface area contributed by atoms with Crippen LogP contribution in [-0.4, -0.2) is 31.6 Å². The molecule has 2 aliphatic heterocycles. The lowest BCUT2D eigenvalue weighted by Crippen LogP contribution is -2.44. The van der Waals surface area contributed by atoms with Gasteiger partial charge in [-0.25, -0.2) is 8.78 Å². The Morgan fingerprint density at radius 2 is 2.07 bits per heavy atom. The van der Waals surface area contributed by atoms with E-state index in [9.17, 15) is 18.4 Å². The highest BCUT2D eigenvalue weighted by Crippen LogP contribution is 2.54. The van der Waals surface area contributed by atoms with Crippen LogP contribution < -0.4 is 9.64 Å². The Labute approximate surface area is 162 Å². The second-order valence-corrected chi connectivity index (χ2v) is 7.14. The largest absolute Gasteiger partial charge is 0.491 e. The van der Waals surface area contributed by atoms with E-state index in [0.717, 1.165) is 12.1 Å². The molecule has 0 fully saturated rings. The van der Waals surface area contributed by atoms with Crippen molar-refractivity contribution in [2.45, 2.75) is 12.3 Å². The Hall–Kier alpha value is -2.48. The lowest BCUT2D eigenvalue weighted by Gasteiger charge is -2.23. The van der Waals surface area contributed by atoms with E-state index in [0.29, 0.717) is 15.7 Å². The SMILES string of the molecule is CCOC(=O)CN1C(=O)C2(COc3cc(F)c(F)cc32)c2c(Br)cccc21. The number of anilines is 1. The average Bonchev–Trinajstić information content (AvgIpc) is 3.09. The third-order valence-electron chi connectivity index (χ3n) is 4.84. The number of hydrogen-bond donors (Lipinski definition) is 0. The molecule has 2 aliphatic rings. The number of fused-ring (bicyclic) bond motifs is 4. The van der Waals surface area contributed by atoms with Gasteiger partial charge in [0, 0.05) is 21.7 Å². The van der Waals surface area contributed by atoms with Gasteiger partial charge >= 0.3 is 5.97 Å². The van der Waals surface area contributed by atoms with E-state index < -0.39 is 28.9 Å². The molecule has 1 amide bonds. The van der Waals surface area contributed by atoms with Crippen LogP contribution in [0, 0.1) is 11.6 Å². The van der Waals surface area contributed by atoms with E-state index in [1.54, 1.807) is 25.1 Å². The molecule has 2 aromatic carbocycles. The monoisotopic (exact) mass is 437 g/mol. The maximum absolute atomic E-state index is 14.0. The van der Waals surface area contributed by atoms with Crippen LogP contribution in [0.2, 0.25) is 0 Å². The van der Waals surface area contributed by atoms with Crippen molar-refractivity contribution >= 4 is 33.5 Å². The second kappa shape index (κ2) is 6.30. The molecule has 1 unspecified atom stereocenters. The van der Waals surface area contributed by atoms with E-state index in [1.165, 1.54) is 4.90 Å². The number of nitrogens with zero attached hydrogens (tertiary/aromatic N) is 1. The topological polar surface area (TPSA) is 55.8 Å². The highest BCUT2D eigenvalue weighted by Gasteiger charge is 2.58. The quantitative estimate of drug-likeness (QED) is 0.691. The molecular weight excluding hydrogens is 424 g/mol. The zero-order valence-corrected chi connectivity index (χ0v) is 15.8. The first kappa shape index (κ1) is 17.9. The number of carbonyl (C=O) groups excluding carboxylic acids is 2. The summed E-state index contributed by atoms with van der Waals surface area (Å²) in [5.74, 6) is -3.00. The molecule has 0 saturated heterocycles. The number of benzene rings is 2. The van der Waals surface area contributed by atoms with Crippen LogP contribution in [0.5, 0.6) is 5.75 Å². The van der Waals surface area contributed by atoms with Crippen LogP contribution in [0.25, 0.3) is 0 Å². The average molecular weight is 438 g/mol. The van der Waals surface area contributed by atoms with Crippen LogP contribution in [0.4, 0.5) is 14.5 Å². The molecule has 27 heavy (non-hydrogen) atoms. The molecule has 8 heteroatoms. The fourth-order valence-corrected chi connectivity index (χ4v) is 4.42. The molecule has 0 bridgehead atoms. The smallest absolute Gasteiger partial charge is 0.326 e. The predicted molar refractivity (Wildman–Crippen MR) is 95.8 cm³/mol. The minimum atomic E-state index is -1.36. The molecule has 1 atom stereocenters. The van der Waals surface area contributed by atoms with Crippen LogP contribution in [0.1, 0.15) is 18.1 Å². The number of rotatable bonds is 3. The number of amides is 1. The van der Waals surface area contributed by atoms with E-state index in [1.807, 2.05) is 0 Å². The number of esters is 1.